The van der Waals surface area contributed by atoms with Gasteiger partial charge in [0.2, 0.25) is 5.91 Å². The molecule has 0 radical (unpaired) electrons. The average molecular weight is 406 g/mol. The van der Waals surface area contributed by atoms with Gasteiger partial charge in [0.05, 0.1) is 19.2 Å². The van der Waals surface area contributed by atoms with E-state index in [9.17, 15) is 18.4 Å². The predicted octanol–water partition coefficient (Wildman–Crippen LogP) is 4.58. The predicted molar refractivity (Wildman–Crippen MR) is 100 cm³/mol. The van der Waals surface area contributed by atoms with Gasteiger partial charge in [-0.1, -0.05) is 29.8 Å². The molecule has 0 bridgehead atoms. The number of hydrogen-bond donors (Lipinski definition) is 0. The molecule has 0 saturated heterocycles. The zero-order valence-electron chi connectivity index (χ0n) is 15.3. The van der Waals surface area contributed by atoms with Crippen LogP contribution in [0.15, 0.2) is 53.7 Å². The lowest BCUT2D eigenvalue weighted by molar-refractivity contribution is -0.138. The molecule has 0 N–H and O–H groups in total. The topological polar surface area (TPSA) is 46.6 Å². The second-order valence-corrected chi connectivity index (χ2v) is 6.96. The number of nitrogens with zero attached hydrogens (tertiary/aromatic N) is 1. The standard InChI is InChI=1S/C21H18ClF2NO3/c1-12-20(21(27)28-2)17(16-7-6-15(23)9-18(16)24)10-19(26)25(12)11-13-4-3-5-14(22)8-13/h3-9,17H,10-11H2,1-2H3. The van der Waals surface area contributed by atoms with Crippen LogP contribution in [-0.4, -0.2) is 23.9 Å². The number of methoxy groups -OCH3 is 1. The van der Waals surface area contributed by atoms with E-state index >= 15 is 0 Å². The number of amides is 1. The van der Waals surface area contributed by atoms with Crippen LogP contribution in [0.1, 0.15) is 30.4 Å². The fraction of sp³-hybridized carbons (Fsp3) is 0.238. The van der Waals surface area contributed by atoms with Crippen LogP contribution in [0.3, 0.4) is 0 Å². The average Bonchev–Trinajstić information content (AvgIpc) is 2.64. The van der Waals surface area contributed by atoms with Crippen LogP contribution in [0.4, 0.5) is 8.78 Å². The van der Waals surface area contributed by atoms with Gasteiger partial charge in [-0.15, -0.1) is 0 Å². The minimum absolute atomic E-state index is 0.0805. The molecule has 146 valence electrons. The zero-order chi connectivity index (χ0) is 20.4. The van der Waals surface area contributed by atoms with E-state index in [4.69, 9.17) is 16.3 Å². The molecule has 28 heavy (non-hydrogen) atoms. The highest BCUT2D eigenvalue weighted by atomic mass is 35.5. The largest absolute Gasteiger partial charge is 0.466 e. The van der Waals surface area contributed by atoms with Crippen molar-refractivity contribution < 1.29 is 23.1 Å². The molecule has 7 heteroatoms. The van der Waals surface area contributed by atoms with E-state index in [-0.39, 0.29) is 30.0 Å². The first kappa shape index (κ1) is 20.0. The van der Waals surface area contributed by atoms with Crippen molar-refractivity contribution >= 4 is 23.5 Å². The third-order valence-corrected chi connectivity index (χ3v) is 5.03. The fourth-order valence-electron chi connectivity index (χ4n) is 3.45. The highest BCUT2D eigenvalue weighted by molar-refractivity contribution is 6.30. The van der Waals surface area contributed by atoms with E-state index in [2.05, 4.69) is 0 Å². The summed E-state index contributed by atoms with van der Waals surface area (Å²) < 4.78 is 32.5. The lowest BCUT2D eigenvalue weighted by Crippen LogP contribution is -2.38. The Morgan fingerprint density at radius 1 is 1.25 bits per heavy atom. The van der Waals surface area contributed by atoms with Gasteiger partial charge < -0.3 is 9.64 Å². The zero-order valence-corrected chi connectivity index (χ0v) is 16.1. The molecule has 0 aliphatic carbocycles. The van der Waals surface area contributed by atoms with Crippen LogP contribution in [0.5, 0.6) is 0 Å². The SMILES string of the molecule is COC(=O)C1=C(C)N(Cc2cccc(Cl)c2)C(=O)CC1c1ccc(F)cc1F. The molecule has 3 rings (SSSR count). The second kappa shape index (κ2) is 8.10. The van der Waals surface area contributed by atoms with E-state index < -0.39 is 23.5 Å². The van der Waals surface area contributed by atoms with E-state index in [0.717, 1.165) is 17.7 Å². The first-order valence-corrected chi connectivity index (χ1v) is 8.98. The molecule has 0 spiro atoms. The van der Waals surface area contributed by atoms with Gasteiger partial charge in [-0.25, -0.2) is 13.6 Å². The molecule has 1 aliphatic rings. The maximum atomic E-state index is 14.4. The second-order valence-electron chi connectivity index (χ2n) is 6.52. The first-order chi connectivity index (χ1) is 13.3. The lowest BCUT2D eigenvalue weighted by Gasteiger charge is -2.34. The minimum Gasteiger partial charge on any atom is -0.466 e. The maximum absolute atomic E-state index is 14.4. The van der Waals surface area contributed by atoms with Crippen LogP contribution in [0, 0.1) is 11.6 Å². The third kappa shape index (κ3) is 3.92. The van der Waals surface area contributed by atoms with E-state index in [1.807, 2.05) is 6.07 Å². The summed E-state index contributed by atoms with van der Waals surface area (Å²) in [6.45, 7) is 1.83. The highest BCUT2D eigenvalue weighted by Gasteiger charge is 2.37. The number of ether oxygens (including phenoxy) is 1. The van der Waals surface area contributed by atoms with Crippen LogP contribution < -0.4 is 0 Å². The molecule has 0 fully saturated rings. The molecule has 2 aromatic carbocycles. The normalized spacial score (nSPS) is 17.1. The fourth-order valence-corrected chi connectivity index (χ4v) is 3.66. The van der Waals surface area contributed by atoms with Gasteiger partial charge in [-0.2, -0.15) is 0 Å². The highest BCUT2D eigenvalue weighted by Crippen LogP contribution is 2.38. The van der Waals surface area contributed by atoms with Crippen molar-refractivity contribution in [2.45, 2.75) is 25.8 Å². The number of allylic oxidation sites excluding steroid dienone is 1. The Hall–Kier alpha value is -2.73. The van der Waals surface area contributed by atoms with Crippen molar-refractivity contribution in [3.8, 4) is 0 Å². The molecular formula is C21H18ClF2NO3. The Morgan fingerprint density at radius 2 is 2.00 bits per heavy atom. The molecule has 2 aromatic rings. The van der Waals surface area contributed by atoms with Crippen molar-refractivity contribution in [3.05, 3.63) is 81.5 Å². The summed E-state index contributed by atoms with van der Waals surface area (Å²) in [4.78, 5) is 26.7. The molecular weight excluding hydrogens is 388 g/mol. The van der Waals surface area contributed by atoms with Crippen LogP contribution in [-0.2, 0) is 20.9 Å². The Balaban J connectivity index is 2.06. The van der Waals surface area contributed by atoms with Crippen molar-refractivity contribution in [1.82, 2.24) is 4.90 Å². The number of carbonyl (C=O) groups is 2. The van der Waals surface area contributed by atoms with Gasteiger partial charge in [-0.05, 0) is 36.2 Å². The van der Waals surface area contributed by atoms with Crippen LogP contribution in [0.2, 0.25) is 5.02 Å². The Morgan fingerprint density at radius 3 is 2.64 bits per heavy atom. The number of esters is 1. The smallest absolute Gasteiger partial charge is 0.336 e. The first-order valence-electron chi connectivity index (χ1n) is 8.60. The molecule has 0 aromatic heterocycles. The van der Waals surface area contributed by atoms with Gasteiger partial charge in [0.25, 0.3) is 0 Å². The number of halogens is 3. The summed E-state index contributed by atoms with van der Waals surface area (Å²) in [5.41, 5.74) is 1.42. The molecule has 1 aliphatic heterocycles. The van der Waals surface area contributed by atoms with Crippen LogP contribution >= 0.6 is 11.6 Å². The maximum Gasteiger partial charge on any atom is 0.336 e. The van der Waals surface area contributed by atoms with E-state index in [0.29, 0.717) is 10.7 Å². The summed E-state index contributed by atoms with van der Waals surface area (Å²) >= 11 is 6.01. The number of rotatable bonds is 4. The molecule has 0 saturated carbocycles. The lowest BCUT2D eigenvalue weighted by atomic mass is 9.83. The van der Waals surface area contributed by atoms with Crippen molar-refractivity contribution in [1.29, 1.82) is 0 Å². The molecule has 1 unspecified atom stereocenters. The summed E-state index contributed by atoms with van der Waals surface area (Å²) in [5.74, 6) is -3.33. The van der Waals surface area contributed by atoms with Gasteiger partial charge in [0, 0.05) is 29.1 Å². The van der Waals surface area contributed by atoms with Gasteiger partial charge >= 0.3 is 5.97 Å². The van der Waals surface area contributed by atoms with Crippen molar-refractivity contribution in [3.63, 3.8) is 0 Å². The van der Waals surface area contributed by atoms with Crippen molar-refractivity contribution in [2.24, 2.45) is 0 Å². The molecule has 1 amide bonds. The van der Waals surface area contributed by atoms with Gasteiger partial charge in [0.1, 0.15) is 11.6 Å². The molecule has 4 nitrogen and oxygen atoms in total. The Kier molecular flexibility index (Phi) is 5.79. The van der Waals surface area contributed by atoms with Gasteiger partial charge in [0.15, 0.2) is 0 Å². The molecule has 1 atom stereocenters. The summed E-state index contributed by atoms with van der Waals surface area (Å²) in [6, 6.07) is 10.1. The number of benzene rings is 2. The monoisotopic (exact) mass is 405 g/mol. The summed E-state index contributed by atoms with van der Waals surface area (Å²) in [5, 5.41) is 0.531. The summed E-state index contributed by atoms with van der Waals surface area (Å²) in [6.07, 6.45) is -0.134. The van der Waals surface area contributed by atoms with Crippen molar-refractivity contribution in [2.75, 3.05) is 7.11 Å². The summed E-state index contributed by atoms with van der Waals surface area (Å²) in [7, 11) is 1.22. The van der Waals surface area contributed by atoms with E-state index in [1.165, 1.54) is 18.1 Å². The molecule has 1 heterocycles. The van der Waals surface area contributed by atoms with Gasteiger partial charge in [-0.3, -0.25) is 4.79 Å². The van der Waals surface area contributed by atoms with Crippen LogP contribution in [0.25, 0.3) is 0 Å². The van der Waals surface area contributed by atoms with E-state index in [1.54, 1.807) is 25.1 Å². The Bertz CT molecular complexity index is 974. The minimum atomic E-state index is -0.851. The Labute approximate surface area is 166 Å². The number of hydrogen-bond acceptors (Lipinski definition) is 3. The number of carbonyl (C=O) groups excluding carboxylic acids is 2. The third-order valence-electron chi connectivity index (χ3n) is 4.80. The quantitative estimate of drug-likeness (QED) is 0.699.